The van der Waals surface area contributed by atoms with E-state index in [1.54, 1.807) is 9.42 Å². The van der Waals surface area contributed by atoms with Crippen LogP contribution in [-0.4, -0.2) is 32.5 Å². The molecular weight excluding hydrogens is 314 g/mol. The smallest absolute Gasteiger partial charge is 0.252 e. The van der Waals surface area contributed by atoms with Crippen molar-refractivity contribution in [2.45, 2.75) is 40.5 Å². The van der Waals surface area contributed by atoms with Crippen LogP contribution in [-0.2, 0) is 11.2 Å². The summed E-state index contributed by atoms with van der Waals surface area (Å²) in [6.45, 7) is 8.03. The Morgan fingerprint density at radius 3 is 2.48 bits per heavy atom. The van der Waals surface area contributed by atoms with Crippen LogP contribution in [0.4, 0.5) is 5.69 Å². The lowest BCUT2D eigenvalue weighted by atomic mass is 10.1. The van der Waals surface area contributed by atoms with Gasteiger partial charge in [0.25, 0.3) is 5.78 Å². The van der Waals surface area contributed by atoms with E-state index in [0.717, 1.165) is 33.8 Å². The van der Waals surface area contributed by atoms with Crippen LogP contribution in [0.25, 0.3) is 5.78 Å². The number of fused-ring (bicyclic) bond motifs is 1. The summed E-state index contributed by atoms with van der Waals surface area (Å²) in [5.74, 6) is 0.680. The number of rotatable bonds is 4. The third kappa shape index (κ3) is 3.38. The minimum absolute atomic E-state index is 0.0856. The highest BCUT2D eigenvalue weighted by molar-refractivity contribution is 5.93. The molecule has 1 aromatic carbocycles. The van der Waals surface area contributed by atoms with Gasteiger partial charge in [0.05, 0.1) is 0 Å². The molecule has 0 fully saturated rings. The first kappa shape index (κ1) is 17.1. The fourth-order valence-corrected chi connectivity index (χ4v) is 3.21. The molecule has 0 aliphatic rings. The van der Waals surface area contributed by atoms with Gasteiger partial charge in [0.15, 0.2) is 0 Å². The second-order valence-corrected chi connectivity index (χ2v) is 6.53. The third-order valence-electron chi connectivity index (χ3n) is 4.55. The van der Waals surface area contributed by atoms with Crippen LogP contribution < -0.4 is 4.90 Å². The van der Waals surface area contributed by atoms with Crippen LogP contribution in [0.3, 0.4) is 0 Å². The van der Waals surface area contributed by atoms with Gasteiger partial charge in [-0.3, -0.25) is 4.79 Å². The Morgan fingerprint density at radius 1 is 1.12 bits per heavy atom. The largest absolute Gasteiger partial charge is 0.315 e. The second-order valence-electron chi connectivity index (χ2n) is 6.53. The van der Waals surface area contributed by atoms with Crippen molar-refractivity contribution in [1.29, 1.82) is 0 Å². The highest BCUT2D eigenvalue weighted by atomic mass is 16.2. The molecule has 0 spiro atoms. The van der Waals surface area contributed by atoms with E-state index in [0.29, 0.717) is 18.6 Å². The molecule has 0 saturated carbocycles. The maximum Gasteiger partial charge on any atom is 0.252 e. The van der Waals surface area contributed by atoms with Crippen LogP contribution in [0.15, 0.2) is 24.5 Å². The monoisotopic (exact) mass is 337 g/mol. The van der Waals surface area contributed by atoms with E-state index in [1.165, 1.54) is 6.33 Å². The molecule has 6 nitrogen and oxygen atoms in total. The van der Waals surface area contributed by atoms with Crippen molar-refractivity contribution in [3.05, 3.63) is 52.6 Å². The van der Waals surface area contributed by atoms with Gasteiger partial charge in [-0.15, -0.1) is 0 Å². The fourth-order valence-electron chi connectivity index (χ4n) is 3.21. The molecule has 0 N–H and O–H groups in total. The number of anilines is 1. The summed E-state index contributed by atoms with van der Waals surface area (Å²) < 4.78 is 1.72. The van der Waals surface area contributed by atoms with E-state index in [9.17, 15) is 4.79 Å². The molecule has 2 aromatic heterocycles. The number of hydrogen-bond donors (Lipinski definition) is 0. The lowest BCUT2D eigenvalue weighted by Gasteiger charge is -2.19. The first-order chi connectivity index (χ1) is 11.9. The van der Waals surface area contributed by atoms with Crippen LogP contribution in [0.5, 0.6) is 0 Å². The van der Waals surface area contributed by atoms with Crippen molar-refractivity contribution in [2.75, 3.05) is 11.9 Å². The van der Waals surface area contributed by atoms with Crippen molar-refractivity contribution in [3.63, 3.8) is 0 Å². The Kier molecular flexibility index (Phi) is 4.53. The molecule has 1 amide bonds. The number of aromatic nitrogens is 4. The number of amides is 1. The Labute approximate surface area is 147 Å². The lowest BCUT2D eigenvalue weighted by Crippen LogP contribution is -2.26. The zero-order chi connectivity index (χ0) is 18.1. The summed E-state index contributed by atoms with van der Waals surface area (Å²) >= 11 is 0. The van der Waals surface area contributed by atoms with Crippen molar-refractivity contribution < 1.29 is 4.79 Å². The Balaban J connectivity index is 1.78. The van der Waals surface area contributed by atoms with E-state index in [2.05, 4.69) is 21.1 Å². The van der Waals surface area contributed by atoms with E-state index >= 15 is 0 Å². The first-order valence-corrected chi connectivity index (χ1v) is 8.37. The molecule has 0 atom stereocenters. The van der Waals surface area contributed by atoms with E-state index < -0.39 is 0 Å². The second kappa shape index (κ2) is 6.63. The molecule has 3 rings (SSSR count). The quantitative estimate of drug-likeness (QED) is 0.734. The SMILES string of the molecule is Cc1cc(C)cc(N(C)C(=O)CCc2c(C)nc3ncnn3c2C)c1. The van der Waals surface area contributed by atoms with Crippen molar-refractivity contribution in [1.82, 2.24) is 19.6 Å². The Bertz CT molecular complexity index is 924. The van der Waals surface area contributed by atoms with Crippen molar-refractivity contribution in [2.24, 2.45) is 0 Å². The zero-order valence-corrected chi connectivity index (χ0v) is 15.4. The van der Waals surface area contributed by atoms with Gasteiger partial charge < -0.3 is 4.90 Å². The number of aryl methyl sites for hydroxylation is 4. The van der Waals surface area contributed by atoms with Gasteiger partial charge in [-0.05, 0) is 62.9 Å². The highest BCUT2D eigenvalue weighted by Gasteiger charge is 2.15. The Morgan fingerprint density at radius 2 is 1.80 bits per heavy atom. The van der Waals surface area contributed by atoms with Gasteiger partial charge in [-0.1, -0.05) is 6.07 Å². The molecule has 0 radical (unpaired) electrons. The molecule has 2 heterocycles. The number of nitrogens with zero attached hydrogens (tertiary/aromatic N) is 5. The van der Waals surface area contributed by atoms with Gasteiger partial charge >= 0.3 is 0 Å². The van der Waals surface area contributed by atoms with Crippen LogP contribution in [0.1, 0.15) is 34.5 Å². The summed E-state index contributed by atoms with van der Waals surface area (Å²) in [4.78, 5) is 23.0. The zero-order valence-electron chi connectivity index (χ0n) is 15.4. The molecule has 0 unspecified atom stereocenters. The van der Waals surface area contributed by atoms with Crippen LogP contribution in [0, 0.1) is 27.7 Å². The maximum absolute atomic E-state index is 12.6. The summed E-state index contributed by atoms with van der Waals surface area (Å²) in [5, 5.41) is 4.20. The fraction of sp³-hybridized carbons (Fsp3) is 0.368. The topological polar surface area (TPSA) is 63.4 Å². The van der Waals surface area contributed by atoms with E-state index in [4.69, 9.17) is 0 Å². The summed E-state index contributed by atoms with van der Waals surface area (Å²) in [6.07, 6.45) is 2.55. The molecule has 3 aromatic rings. The minimum atomic E-state index is 0.0856. The number of hydrogen-bond acceptors (Lipinski definition) is 4. The third-order valence-corrected chi connectivity index (χ3v) is 4.55. The first-order valence-electron chi connectivity index (χ1n) is 8.37. The summed E-state index contributed by atoms with van der Waals surface area (Å²) in [5.41, 5.74) is 6.19. The molecule has 0 bridgehead atoms. The van der Waals surface area contributed by atoms with Crippen LogP contribution in [0.2, 0.25) is 0 Å². The summed E-state index contributed by atoms with van der Waals surface area (Å²) in [7, 11) is 1.83. The van der Waals surface area contributed by atoms with Gasteiger partial charge in [0.1, 0.15) is 6.33 Å². The predicted octanol–water partition coefficient (Wildman–Crippen LogP) is 2.95. The highest BCUT2D eigenvalue weighted by Crippen LogP contribution is 2.20. The molecule has 6 heteroatoms. The standard InChI is InChI=1S/C19H23N5O/c1-12-8-13(2)10-16(9-12)23(5)18(25)7-6-17-14(3)22-19-20-11-21-24(19)15(17)4/h8-11H,6-7H2,1-5H3. The number of benzene rings is 1. The predicted molar refractivity (Wildman–Crippen MR) is 97.9 cm³/mol. The molecule has 25 heavy (non-hydrogen) atoms. The molecular formula is C19H23N5O. The van der Waals surface area contributed by atoms with Gasteiger partial charge in [-0.2, -0.15) is 10.1 Å². The molecule has 0 aliphatic heterocycles. The average molecular weight is 337 g/mol. The van der Waals surface area contributed by atoms with E-state index in [1.807, 2.05) is 46.9 Å². The minimum Gasteiger partial charge on any atom is -0.315 e. The Hall–Kier alpha value is -2.76. The summed E-state index contributed by atoms with van der Waals surface area (Å²) in [6, 6.07) is 6.17. The van der Waals surface area contributed by atoms with E-state index in [-0.39, 0.29) is 5.91 Å². The van der Waals surface area contributed by atoms with Gasteiger partial charge in [0.2, 0.25) is 5.91 Å². The van der Waals surface area contributed by atoms with Gasteiger partial charge in [-0.25, -0.2) is 9.50 Å². The lowest BCUT2D eigenvalue weighted by molar-refractivity contribution is -0.118. The number of carbonyl (C=O) groups is 1. The van der Waals surface area contributed by atoms with Crippen molar-refractivity contribution in [3.8, 4) is 0 Å². The maximum atomic E-state index is 12.6. The molecule has 0 aliphatic carbocycles. The van der Waals surface area contributed by atoms with Crippen molar-refractivity contribution >= 4 is 17.4 Å². The normalized spacial score (nSPS) is 11.1. The molecule has 0 saturated heterocycles. The van der Waals surface area contributed by atoms with Crippen LogP contribution >= 0.6 is 0 Å². The molecule has 130 valence electrons. The number of carbonyl (C=O) groups excluding carboxylic acids is 1. The van der Waals surface area contributed by atoms with Gasteiger partial charge in [0, 0.05) is 30.5 Å². The average Bonchev–Trinajstić information content (AvgIpc) is 3.01.